The topological polar surface area (TPSA) is 102 Å². The molecule has 0 aromatic heterocycles. The number of hydrogen-bond acceptors (Lipinski definition) is 5. The fraction of sp³-hybridized carbons (Fsp3) is 0.158. The molecule has 0 spiro atoms. The van der Waals surface area contributed by atoms with Crippen molar-refractivity contribution < 1.29 is 23.9 Å². The van der Waals surface area contributed by atoms with Gasteiger partial charge in [-0.25, -0.2) is 0 Å². The lowest BCUT2D eigenvalue weighted by Crippen LogP contribution is -2.31. The maximum absolute atomic E-state index is 12.0. The van der Waals surface area contributed by atoms with E-state index < -0.39 is 24.3 Å². The molecule has 0 bridgehead atoms. The zero-order valence-corrected chi connectivity index (χ0v) is 15.2. The first-order chi connectivity index (χ1) is 12.8. The second kappa shape index (κ2) is 9.49. The molecule has 2 amide bonds. The van der Waals surface area contributed by atoms with Crippen molar-refractivity contribution in [2.24, 2.45) is 0 Å². The van der Waals surface area contributed by atoms with Crippen molar-refractivity contribution in [1.82, 2.24) is 5.32 Å². The average Bonchev–Trinajstić information content (AvgIpc) is 2.65. The molecule has 7 nitrogen and oxygen atoms in total. The fourth-order valence-corrected chi connectivity index (χ4v) is 2.20. The number of halogens is 1. The number of ketones is 1. The number of rotatable bonds is 7. The Kier molecular flexibility index (Phi) is 7.08. The fourth-order valence-electron chi connectivity index (χ4n) is 2.08. The van der Waals surface area contributed by atoms with Gasteiger partial charge in [-0.05, 0) is 48.5 Å². The van der Waals surface area contributed by atoms with E-state index in [2.05, 4.69) is 10.6 Å². The molecule has 27 heavy (non-hydrogen) atoms. The molecule has 2 N–H and O–H groups in total. The van der Waals surface area contributed by atoms with Crippen LogP contribution in [0.1, 0.15) is 27.6 Å². The summed E-state index contributed by atoms with van der Waals surface area (Å²) in [4.78, 5) is 46.5. The molecule has 0 saturated carbocycles. The predicted octanol–water partition coefficient (Wildman–Crippen LogP) is 2.45. The van der Waals surface area contributed by atoms with Crippen LogP contribution >= 0.6 is 11.6 Å². The molecule has 0 aliphatic rings. The first-order valence-electron chi connectivity index (χ1n) is 7.95. The van der Waals surface area contributed by atoms with Gasteiger partial charge in [0, 0.05) is 28.8 Å². The number of benzene rings is 2. The molecule has 0 unspecified atom stereocenters. The summed E-state index contributed by atoms with van der Waals surface area (Å²) in [6.07, 6.45) is 0. The first-order valence-corrected chi connectivity index (χ1v) is 8.33. The number of carbonyl (C=O) groups excluding carboxylic acids is 4. The number of hydrogen-bond donors (Lipinski definition) is 2. The number of nitrogens with one attached hydrogen (secondary N) is 2. The van der Waals surface area contributed by atoms with E-state index in [1.54, 1.807) is 24.3 Å². The highest BCUT2D eigenvalue weighted by Crippen LogP contribution is 2.11. The Morgan fingerprint density at radius 3 is 2.11 bits per heavy atom. The van der Waals surface area contributed by atoms with Gasteiger partial charge in [-0.2, -0.15) is 0 Å². The summed E-state index contributed by atoms with van der Waals surface area (Å²) in [6.45, 7) is 0.565. The van der Waals surface area contributed by atoms with Crippen molar-refractivity contribution in [1.29, 1.82) is 0 Å². The Morgan fingerprint density at radius 2 is 1.52 bits per heavy atom. The van der Waals surface area contributed by atoms with Gasteiger partial charge in [0.1, 0.15) is 6.54 Å². The van der Waals surface area contributed by atoms with Crippen LogP contribution in [0, 0.1) is 0 Å². The summed E-state index contributed by atoms with van der Waals surface area (Å²) in [5, 5.41) is 5.48. The monoisotopic (exact) mass is 388 g/mol. The van der Waals surface area contributed by atoms with Crippen molar-refractivity contribution in [2.45, 2.75) is 6.92 Å². The van der Waals surface area contributed by atoms with Gasteiger partial charge in [-0.1, -0.05) is 11.6 Å². The normalized spacial score (nSPS) is 10.0. The number of anilines is 1. The summed E-state index contributed by atoms with van der Waals surface area (Å²) in [6, 6.07) is 12.3. The van der Waals surface area contributed by atoms with Crippen LogP contribution in [0.25, 0.3) is 0 Å². The number of esters is 1. The van der Waals surface area contributed by atoms with Crippen LogP contribution in [0.4, 0.5) is 5.69 Å². The predicted molar refractivity (Wildman–Crippen MR) is 99.8 cm³/mol. The SMILES string of the molecule is CC(=O)Nc1ccc(C(=O)COC(=O)CNC(=O)c2ccc(Cl)cc2)cc1. The molecular formula is C19H17ClN2O5. The minimum Gasteiger partial charge on any atom is -0.456 e. The van der Waals surface area contributed by atoms with E-state index in [1.165, 1.54) is 31.2 Å². The Balaban J connectivity index is 1.77. The van der Waals surface area contributed by atoms with Crippen LogP contribution in [0.3, 0.4) is 0 Å². The molecular weight excluding hydrogens is 372 g/mol. The van der Waals surface area contributed by atoms with E-state index in [9.17, 15) is 19.2 Å². The number of carbonyl (C=O) groups is 4. The Labute approximate surface area is 160 Å². The van der Waals surface area contributed by atoms with Crippen LogP contribution in [0.15, 0.2) is 48.5 Å². The third-order valence-electron chi connectivity index (χ3n) is 3.39. The standard InChI is InChI=1S/C19H17ClN2O5/c1-12(23)22-16-8-4-13(5-9-16)17(24)11-27-18(25)10-21-19(26)14-2-6-15(20)7-3-14/h2-9H,10-11H2,1H3,(H,21,26)(H,22,23). The van der Waals surface area contributed by atoms with Gasteiger partial charge in [0.2, 0.25) is 5.91 Å². The minimum absolute atomic E-state index is 0.219. The van der Waals surface area contributed by atoms with E-state index in [-0.39, 0.29) is 12.5 Å². The van der Waals surface area contributed by atoms with E-state index in [1.807, 2.05) is 0 Å². The maximum atomic E-state index is 12.0. The number of amides is 2. The van der Waals surface area contributed by atoms with Gasteiger partial charge in [0.25, 0.3) is 5.91 Å². The largest absolute Gasteiger partial charge is 0.456 e. The van der Waals surface area contributed by atoms with Gasteiger partial charge in [0.15, 0.2) is 12.4 Å². The maximum Gasteiger partial charge on any atom is 0.325 e. The summed E-state index contributed by atoms with van der Waals surface area (Å²) in [5.41, 5.74) is 1.24. The first kappa shape index (κ1) is 20.1. The van der Waals surface area contributed by atoms with Gasteiger partial charge < -0.3 is 15.4 Å². The highest BCUT2D eigenvalue weighted by Gasteiger charge is 2.12. The summed E-state index contributed by atoms with van der Waals surface area (Å²) in [5.74, 6) is -1.81. The number of ether oxygens (including phenoxy) is 1. The van der Waals surface area contributed by atoms with E-state index in [0.717, 1.165) is 0 Å². The summed E-state index contributed by atoms with van der Waals surface area (Å²) >= 11 is 5.74. The Bertz CT molecular complexity index is 847. The van der Waals surface area contributed by atoms with Gasteiger partial charge >= 0.3 is 5.97 Å². The molecule has 0 radical (unpaired) electrons. The highest BCUT2D eigenvalue weighted by atomic mass is 35.5. The molecule has 2 aromatic carbocycles. The second-order valence-electron chi connectivity index (χ2n) is 5.53. The van der Waals surface area contributed by atoms with Crippen molar-refractivity contribution >= 4 is 40.9 Å². The van der Waals surface area contributed by atoms with Gasteiger partial charge in [0.05, 0.1) is 0 Å². The zero-order chi connectivity index (χ0) is 19.8. The molecule has 0 saturated heterocycles. The van der Waals surface area contributed by atoms with E-state index in [4.69, 9.17) is 16.3 Å². The lowest BCUT2D eigenvalue weighted by molar-refractivity contribution is -0.141. The molecule has 0 aliphatic heterocycles. The molecule has 140 valence electrons. The van der Waals surface area contributed by atoms with Gasteiger partial charge in [-0.3, -0.25) is 19.2 Å². The number of Topliss-reactive ketones (excluding diaryl/α,β-unsaturated/α-hetero) is 1. The van der Waals surface area contributed by atoms with Crippen LogP contribution in [0.2, 0.25) is 5.02 Å². The molecule has 8 heteroatoms. The minimum atomic E-state index is -0.736. The molecule has 0 atom stereocenters. The van der Waals surface area contributed by atoms with Crippen LogP contribution in [-0.4, -0.2) is 36.7 Å². The highest BCUT2D eigenvalue weighted by molar-refractivity contribution is 6.30. The van der Waals surface area contributed by atoms with Crippen molar-refractivity contribution in [2.75, 3.05) is 18.5 Å². The Morgan fingerprint density at radius 1 is 0.926 bits per heavy atom. The van der Waals surface area contributed by atoms with Crippen molar-refractivity contribution in [3.05, 3.63) is 64.7 Å². The molecule has 0 heterocycles. The van der Waals surface area contributed by atoms with Crippen molar-refractivity contribution in [3.63, 3.8) is 0 Å². The molecule has 2 rings (SSSR count). The lowest BCUT2D eigenvalue weighted by atomic mass is 10.1. The second-order valence-corrected chi connectivity index (χ2v) is 5.97. The third kappa shape index (κ3) is 6.56. The molecule has 0 fully saturated rings. The average molecular weight is 389 g/mol. The van der Waals surface area contributed by atoms with Crippen molar-refractivity contribution in [3.8, 4) is 0 Å². The van der Waals surface area contributed by atoms with Crippen LogP contribution < -0.4 is 10.6 Å². The summed E-state index contributed by atoms with van der Waals surface area (Å²) < 4.78 is 4.86. The Hall–Kier alpha value is -3.19. The third-order valence-corrected chi connectivity index (χ3v) is 3.64. The van der Waals surface area contributed by atoms with E-state index >= 15 is 0 Å². The zero-order valence-electron chi connectivity index (χ0n) is 14.5. The quantitative estimate of drug-likeness (QED) is 0.560. The van der Waals surface area contributed by atoms with Crippen LogP contribution in [-0.2, 0) is 14.3 Å². The van der Waals surface area contributed by atoms with Gasteiger partial charge in [-0.15, -0.1) is 0 Å². The van der Waals surface area contributed by atoms with Crippen LogP contribution in [0.5, 0.6) is 0 Å². The van der Waals surface area contributed by atoms with E-state index in [0.29, 0.717) is 21.8 Å². The summed E-state index contributed by atoms with van der Waals surface area (Å²) in [7, 11) is 0. The lowest BCUT2D eigenvalue weighted by Gasteiger charge is -2.07. The smallest absolute Gasteiger partial charge is 0.325 e. The molecule has 0 aliphatic carbocycles. The molecule has 2 aromatic rings.